The van der Waals surface area contributed by atoms with Gasteiger partial charge in [0, 0.05) is 31.1 Å². The Morgan fingerprint density at radius 1 is 0.974 bits per heavy atom. The van der Waals surface area contributed by atoms with Crippen LogP contribution in [0.25, 0.3) is 0 Å². The van der Waals surface area contributed by atoms with Crippen LogP contribution in [0.4, 0.5) is 0 Å². The lowest BCUT2D eigenvalue weighted by Crippen LogP contribution is -2.38. The fourth-order valence-electron chi connectivity index (χ4n) is 4.78. The average molecular weight is 531 g/mol. The van der Waals surface area contributed by atoms with Crippen molar-refractivity contribution in [1.29, 1.82) is 0 Å². The van der Waals surface area contributed by atoms with Crippen molar-refractivity contribution in [2.75, 3.05) is 19.7 Å². The predicted octanol–water partition coefficient (Wildman–Crippen LogP) is 5.91. The number of benzene rings is 2. The molecule has 1 aliphatic heterocycles. The number of para-hydroxylation sites is 1. The number of rotatable bonds is 10. The van der Waals surface area contributed by atoms with Crippen molar-refractivity contribution in [2.24, 2.45) is 0 Å². The first-order valence-corrected chi connectivity index (χ1v) is 13.2. The highest BCUT2D eigenvalue weighted by molar-refractivity contribution is 5.96. The number of amides is 2. The molecule has 0 N–H and O–H groups in total. The third-order valence-electron chi connectivity index (χ3n) is 6.79. The van der Waals surface area contributed by atoms with Crippen LogP contribution in [0, 0.1) is 0 Å². The number of allylic oxidation sites excluding steroid dienone is 1. The number of esters is 1. The molecule has 0 bridgehead atoms. The summed E-state index contributed by atoms with van der Waals surface area (Å²) in [5.74, 6) is 0.649. The molecule has 1 unspecified atom stereocenters. The first-order chi connectivity index (χ1) is 18.9. The second-order valence-corrected chi connectivity index (χ2v) is 9.19. The topological polar surface area (TPSA) is 89.3 Å². The van der Waals surface area contributed by atoms with Crippen molar-refractivity contribution in [3.63, 3.8) is 0 Å². The lowest BCUT2D eigenvalue weighted by Gasteiger charge is -2.34. The van der Waals surface area contributed by atoms with E-state index in [-0.39, 0.29) is 37.1 Å². The molecule has 2 amide bonds. The molecule has 0 aliphatic carbocycles. The molecule has 39 heavy (non-hydrogen) atoms. The SMILES string of the molecule is CCOC(=O)C1=C(C)N(Cc2ccc(C(=O)N(CC)CC)o2)C(=O)CC1c1cccc(Oc2ccccc2)c1. The molecule has 2 heterocycles. The summed E-state index contributed by atoms with van der Waals surface area (Å²) < 4.78 is 17.2. The number of hydrogen-bond acceptors (Lipinski definition) is 6. The van der Waals surface area contributed by atoms with Gasteiger partial charge in [0.15, 0.2) is 5.76 Å². The Bertz CT molecular complexity index is 1360. The van der Waals surface area contributed by atoms with Gasteiger partial charge in [0.05, 0.1) is 18.7 Å². The minimum absolute atomic E-state index is 0.0756. The monoisotopic (exact) mass is 530 g/mol. The Labute approximate surface area is 228 Å². The Balaban J connectivity index is 1.63. The van der Waals surface area contributed by atoms with Crippen molar-refractivity contribution in [3.05, 3.63) is 95.1 Å². The molecule has 1 atom stereocenters. The third kappa shape index (κ3) is 6.22. The molecule has 8 nitrogen and oxygen atoms in total. The summed E-state index contributed by atoms with van der Waals surface area (Å²) in [7, 11) is 0. The zero-order valence-corrected chi connectivity index (χ0v) is 22.8. The average Bonchev–Trinajstić information content (AvgIpc) is 3.41. The fourth-order valence-corrected chi connectivity index (χ4v) is 4.78. The molecule has 0 saturated carbocycles. The quantitative estimate of drug-likeness (QED) is 0.303. The summed E-state index contributed by atoms with van der Waals surface area (Å²) >= 11 is 0. The summed E-state index contributed by atoms with van der Waals surface area (Å²) in [6.07, 6.45) is 0.0756. The van der Waals surface area contributed by atoms with Crippen molar-refractivity contribution < 1.29 is 28.3 Å². The van der Waals surface area contributed by atoms with Crippen LogP contribution < -0.4 is 4.74 Å². The van der Waals surface area contributed by atoms with Gasteiger partial charge in [0.25, 0.3) is 5.91 Å². The highest BCUT2D eigenvalue weighted by Crippen LogP contribution is 2.39. The Hall–Kier alpha value is -4.33. The third-order valence-corrected chi connectivity index (χ3v) is 6.79. The Kier molecular flexibility index (Phi) is 8.86. The summed E-state index contributed by atoms with van der Waals surface area (Å²) in [5, 5.41) is 0. The maximum absolute atomic E-state index is 13.4. The molecule has 0 fully saturated rings. The molecule has 8 heteroatoms. The van der Waals surface area contributed by atoms with Gasteiger partial charge in [-0.2, -0.15) is 0 Å². The zero-order chi connectivity index (χ0) is 27.9. The smallest absolute Gasteiger partial charge is 0.336 e. The molecule has 204 valence electrons. The first-order valence-electron chi connectivity index (χ1n) is 13.2. The summed E-state index contributed by atoms with van der Waals surface area (Å²) in [5.41, 5.74) is 1.69. The minimum Gasteiger partial charge on any atom is -0.463 e. The molecule has 3 aromatic rings. The van der Waals surface area contributed by atoms with Crippen molar-refractivity contribution in [1.82, 2.24) is 9.80 Å². The van der Waals surface area contributed by atoms with Gasteiger partial charge in [-0.05, 0) is 69.7 Å². The van der Waals surface area contributed by atoms with E-state index in [1.807, 2.05) is 68.4 Å². The highest BCUT2D eigenvalue weighted by Gasteiger charge is 2.37. The van der Waals surface area contributed by atoms with Gasteiger partial charge >= 0.3 is 5.97 Å². The van der Waals surface area contributed by atoms with Crippen LogP contribution in [0.3, 0.4) is 0 Å². The van der Waals surface area contributed by atoms with Gasteiger partial charge in [-0.25, -0.2) is 4.79 Å². The van der Waals surface area contributed by atoms with E-state index in [1.54, 1.807) is 30.9 Å². The molecule has 4 rings (SSSR count). The first kappa shape index (κ1) is 27.7. The lowest BCUT2D eigenvalue weighted by molar-refractivity contribution is -0.140. The van der Waals surface area contributed by atoms with E-state index in [4.69, 9.17) is 13.9 Å². The second kappa shape index (κ2) is 12.5. The molecular formula is C31H34N2O6. The van der Waals surface area contributed by atoms with E-state index in [1.165, 1.54) is 4.90 Å². The number of hydrogen-bond donors (Lipinski definition) is 0. The van der Waals surface area contributed by atoms with Crippen LogP contribution in [-0.4, -0.2) is 47.3 Å². The standard InChI is InChI=1S/C31H34N2O6/c1-5-32(6-2)30(35)27-17-16-25(39-27)20-33-21(4)29(31(36)37-7-3)26(19-28(33)34)22-12-11-15-24(18-22)38-23-13-9-8-10-14-23/h8-18,26H,5-7,19-20H2,1-4H3. The van der Waals surface area contributed by atoms with Gasteiger partial charge in [0.2, 0.25) is 5.91 Å². The van der Waals surface area contributed by atoms with E-state index in [0.29, 0.717) is 41.6 Å². The predicted molar refractivity (Wildman–Crippen MR) is 146 cm³/mol. The number of ether oxygens (including phenoxy) is 2. The molecule has 0 spiro atoms. The molecular weight excluding hydrogens is 496 g/mol. The maximum atomic E-state index is 13.4. The van der Waals surface area contributed by atoms with Crippen LogP contribution >= 0.6 is 0 Å². The van der Waals surface area contributed by atoms with E-state index in [0.717, 1.165) is 5.56 Å². The van der Waals surface area contributed by atoms with Gasteiger partial charge in [0.1, 0.15) is 17.3 Å². The summed E-state index contributed by atoms with van der Waals surface area (Å²) in [6, 6.07) is 20.1. The van der Waals surface area contributed by atoms with E-state index < -0.39 is 11.9 Å². The lowest BCUT2D eigenvalue weighted by atomic mass is 9.83. The molecule has 1 aliphatic rings. The Morgan fingerprint density at radius 2 is 1.69 bits per heavy atom. The van der Waals surface area contributed by atoms with E-state index in [9.17, 15) is 14.4 Å². The van der Waals surface area contributed by atoms with Crippen LogP contribution in [0.15, 0.2) is 82.4 Å². The highest BCUT2D eigenvalue weighted by atomic mass is 16.5. The Morgan fingerprint density at radius 3 is 2.38 bits per heavy atom. The second-order valence-electron chi connectivity index (χ2n) is 9.19. The van der Waals surface area contributed by atoms with Gasteiger partial charge in [-0.15, -0.1) is 0 Å². The van der Waals surface area contributed by atoms with E-state index >= 15 is 0 Å². The fraction of sp³-hybridized carbons (Fsp3) is 0.323. The van der Waals surface area contributed by atoms with Gasteiger partial charge in [-0.1, -0.05) is 30.3 Å². The van der Waals surface area contributed by atoms with Crippen molar-refractivity contribution in [3.8, 4) is 11.5 Å². The molecule has 0 saturated heterocycles. The van der Waals surface area contributed by atoms with Crippen LogP contribution in [-0.2, 0) is 20.9 Å². The number of carbonyl (C=O) groups excluding carboxylic acids is 3. The number of furan rings is 1. The minimum atomic E-state index is -0.497. The number of nitrogens with zero attached hydrogens (tertiary/aromatic N) is 2. The van der Waals surface area contributed by atoms with Crippen molar-refractivity contribution >= 4 is 17.8 Å². The molecule has 2 aromatic carbocycles. The molecule has 0 radical (unpaired) electrons. The van der Waals surface area contributed by atoms with Gasteiger partial charge in [-0.3, -0.25) is 9.59 Å². The summed E-state index contributed by atoms with van der Waals surface area (Å²) in [4.78, 5) is 42.5. The summed E-state index contributed by atoms with van der Waals surface area (Å²) in [6.45, 7) is 8.75. The van der Waals surface area contributed by atoms with Crippen molar-refractivity contribution in [2.45, 2.75) is 46.6 Å². The van der Waals surface area contributed by atoms with Crippen LogP contribution in [0.2, 0.25) is 0 Å². The largest absolute Gasteiger partial charge is 0.463 e. The normalized spacial score (nSPS) is 15.3. The van der Waals surface area contributed by atoms with Crippen LogP contribution in [0.5, 0.6) is 11.5 Å². The van der Waals surface area contributed by atoms with Crippen LogP contribution in [0.1, 0.15) is 61.9 Å². The maximum Gasteiger partial charge on any atom is 0.336 e. The van der Waals surface area contributed by atoms with Gasteiger partial charge < -0.3 is 23.7 Å². The molecule has 1 aromatic heterocycles. The zero-order valence-electron chi connectivity index (χ0n) is 22.8. The van der Waals surface area contributed by atoms with E-state index in [2.05, 4.69) is 0 Å². The number of carbonyl (C=O) groups is 3.